The summed E-state index contributed by atoms with van der Waals surface area (Å²) >= 11 is 0. The molecular formula is C16H12N2O4. The first-order valence-electron chi connectivity index (χ1n) is 6.97. The molecule has 0 saturated carbocycles. The number of aliphatic hydroxyl groups is 1. The number of carbonyl (C=O) groups excluding carboxylic acids is 2. The first kappa shape index (κ1) is 13.2. The third-order valence-electron chi connectivity index (χ3n) is 4.66. The quantitative estimate of drug-likeness (QED) is 0.628. The van der Waals surface area contributed by atoms with Gasteiger partial charge >= 0.3 is 0 Å². The van der Waals surface area contributed by atoms with E-state index in [0.29, 0.717) is 11.3 Å². The molecule has 3 heterocycles. The van der Waals surface area contributed by atoms with Crippen LogP contribution in [-0.4, -0.2) is 35.2 Å². The second kappa shape index (κ2) is 4.26. The minimum atomic E-state index is -1.08. The van der Waals surface area contributed by atoms with Gasteiger partial charge in [-0.3, -0.25) is 9.59 Å². The average Bonchev–Trinajstić information content (AvgIpc) is 3.19. The number of benzene rings is 1. The summed E-state index contributed by atoms with van der Waals surface area (Å²) in [7, 11) is 0. The summed E-state index contributed by atoms with van der Waals surface area (Å²) in [6.07, 6.45) is 2.97. The lowest BCUT2D eigenvalue weighted by Crippen LogP contribution is -2.43. The number of carbonyl (C=O) groups is 2. The highest BCUT2D eigenvalue weighted by Gasteiger charge is 2.67. The fourth-order valence-corrected chi connectivity index (χ4v) is 3.62. The van der Waals surface area contributed by atoms with E-state index in [1.54, 1.807) is 36.4 Å². The number of nitrogens with zero attached hydrogens (tertiary/aromatic N) is 2. The highest BCUT2D eigenvalue weighted by atomic mass is 16.5. The number of anilines is 1. The van der Waals surface area contributed by atoms with Gasteiger partial charge in [0.05, 0.1) is 41.9 Å². The molecule has 0 aliphatic carbocycles. The van der Waals surface area contributed by atoms with Crippen molar-refractivity contribution in [1.29, 1.82) is 5.26 Å². The number of ether oxygens (including phenoxy) is 1. The monoisotopic (exact) mass is 296 g/mol. The molecule has 110 valence electrons. The summed E-state index contributed by atoms with van der Waals surface area (Å²) in [5, 5.41) is 18.4. The van der Waals surface area contributed by atoms with Crippen LogP contribution in [0.3, 0.4) is 0 Å². The van der Waals surface area contributed by atoms with Crippen molar-refractivity contribution >= 4 is 17.5 Å². The summed E-state index contributed by atoms with van der Waals surface area (Å²) in [4.78, 5) is 26.5. The van der Waals surface area contributed by atoms with Gasteiger partial charge in [-0.05, 0) is 24.3 Å². The molecule has 1 N–H and O–H groups in total. The van der Waals surface area contributed by atoms with Crippen molar-refractivity contribution in [3.8, 4) is 6.07 Å². The second-order valence-corrected chi connectivity index (χ2v) is 5.73. The molecule has 4 atom stereocenters. The third kappa shape index (κ3) is 1.44. The summed E-state index contributed by atoms with van der Waals surface area (Å²) in [5.41, 5.74) is -0.181. The van der Waals surface area contributed by atoms with E-state index in [2.05, 4.69) is 0 Å². The highest BCUT2D eigenvalue weighted by molar-refractivity contribution is 6.23. The lowest BCUT2D eigenvalue weighted by atomic mass is 9.77. The predicted molar refractivity (Wildman–Crippen MR) is 74.5 cm³/mol. The van der Waals surface area contributed by atoms with Gasteiger partial charge in [0.1, 0.15) is 5.60 Å². The molecule has 0 spiro atoms. The van der Waals surface area contributed by atoms with Crippen LogP contribution in [0.2, 0.25) is 0 Å². The smallest absolute Gasteiger partial charge is 0.241 e. The van der Waals surface area contributed by atoms with Gasteiger partial charge in [0.25, 0.3) is 0 Å². The molecule has 2 amide bonds. The minimum absolute atomic E-state index is 0.315. The van der Waals surface area contributed by atoms with E-state index in [9.17, 15) is 14.7 Å². The van der Waals surface area contributed by atoms with Crippen LogP contribution < -0.4 is 4.90 Å². The van der Waals surface area contributed by atoms with Gasteiger partial charge in [0.2, 0.25) is 11.8 Å². The fraction of sp³-hybridized carbons (Fsp3) is 0.312. The Morgan fingerprint density at radius 2 is 2.00 bits per heavy atom. The molecule has 6 heteroatoms. The molecule has 2 saturated heterocycles. The van der Waals surface area contributed by atoms with E-state index in [1.807, 2.05) is 6.07 Å². The van der Waals surface area contributed by atoms with Crippen molar-refractivity contribution < 1.29 is 19.4 Å². The molecule has 1 aromatic rings. The van der Waals surface area contributed by atoms with Gasteiger partial charge in [-0.1, -0.05) is 12.2 Å². The topological polar surface area (TPSA) is 90.6 Å². The minimum Gasteiger partial charge on any atom is -0.393 e. The van der Waals surface area contributed by atoms with Crippen LogP contribution in [0.5, 0.6) is 0 Å². The number of hydrogen-bond donors (Lipinski definition) is 1. The van der Waals surface area contributed by atoms with E-state index in [0.717, 1.165) is 4.90 Å². The SMILES string of the molecule is N#Cc1ccc(N2C(=O)C3C4C=CC(CO)(O4)C3C2=O)cc1. The molecule has 4 unspecified atom stereocenters. The number of fused-ring (bicyclic) bond motifs is 5. The Labute approximate surface area is 126 Å². The number of aliphatic hydroxyl groups excluding tert-OH is 1. The Hall–Kier alpha value is -2.49. The predicted octanol–water partition coefficient (Wildman–Crippen LogP) is 0.364. The van der Waals surface area contributed by atoms with Gasteiger partial charge in [-0.15, -0.1) is 0 Å². The van der Waals surface area contributed by atoms with Crippen molar-refractivity contribution in [3.05, 3.63) is 42.0 Å². The summed E-state index contributed by atoms with van der Waals surface area (Å²) in [6, 6.07) is 8.29. The van der Waals surface area contributed by atoms with Crippen LogP contribution in [-0.2, 0) is 14.3 Å². The van der Waals surface area contributed by atoms with Crippen LogP contribution in [0.1, 0.15) is 5.56 Å². The highest BCUT2D eigenvalue weighted by Crippen LogP contribution is 2.52. The summed E-state index contributed by atoms with van der Waals surface area (Å²) in [6.45, 7) is -0.332. The maximum absolute atomic E-state index is 12.7. The van der Waals surface area contributed by atoms with Crippen LogP contribution >= 0.6 is 0 Å². The molecular weight excluding hydrogens is 284 g/mol. The Balaban J connectivity index is 1.74. The first-order valence-corrected chi connectivity index (χ1v) is 6.97. The number of nitriles is 1. The van der Waals surface area contributed by atoms with Gasteiger partial charge in [0.15, 0.2) is 0 Å². The lowest BCUT2D eigenvalue weighted by molar-refractivity contribution is -0.128. The zero-order valence-electron chi connectivity index (χ0n) is 11.5. The van der Waals surface area contributed by atoms with Crippen LogP contribution in [0.25, 0.3) is 0 Å². The van der Waals surface area contributed by atoms with Crippen molar-refractivity contribution in [2.24, 2.45) is 11.8 Å². The standard InChI is InChI=1S/C16H12N2O4/c17-7-9-1-3-10(4-2-9)18-14(20)12-11-5-6-16(8-19,22-11)13(12)15(18)21/h1-6,11-13,19H,8H2. The maximum Gasteiger partial charge on any atom is 0.241 e. The van der Waals surface area contributed by atoms with E-state index in [1.165, 1.54) is 0 Å². The molecule has 0 aromatic heterocycles. The fourth-order valence-electron chi connectivity index (χ4n) is 3.62. The van der Waals surface area contributed by atoms with Crippen molar-refractivity contribution in [2.45, 2.75) is 11.7 Å². The van der Waals surface area contributed by atoms with E-state index >= 15 is 0 Å². The number of imide groups is 1. The molecule has 3 aliphatic heterocycles. The van der Waals surface area contributed by atoms with E-state index < -0.39 is 23.5 Å². The van der Waals surface area contributed by atoms with Crippen LogP contribution in [0, 0.1) is 23.2 Å². The van der Waals surface area contributed by atoms with Gasteiger partial charge < -0.3 is 9.84 Å². The van der Waals surface area contributed by atoms with E-state index in [4.69, 9.17) is 10.00 Å². The molecule has 2 bridgehead atoms. The molecule has 2 fully saturated rings. The Morgan fingerprint density at radius 3 is 2.64 bits per heavy atom. The zero-order valence-corrected chi connectivity index (χ0v) is 11.5. The lowest BCUT2D eigenvalue weighted by Gasteiger charge is -2.26. The van der Waals surface area contributed by atoms with Crippen molar-refractivity contribution in [2.75, 3.05) is 11.5 Å². The molecule has 6 nitrogen and oxygen atoms in total. The Morgan fingerprint density at radius 1 is 1.27 bits per heavy atom. The number of hydrogen-bond acceptors (Lipinski definition) is 5. The largest absolute Gasteiger partial charge is 0.393 e. The number of rotatable bonds is 2. The van der Waals surface area contributed by atoms with Gasteiger partial charge in [-0.2, -0.15) is 5.26 Å². The van der Waals surface area contributed by atoms with Gasteiger partial charge in [0, 0.05) is 0 Å². The Bertz CT molecular complexity index is 748. The van der Waals surface area contributed by atoms with Crippen molar-refractivity contribution in [1.82, 2.24) is 0 Å². The summed E-state index contributed by atoms with van der Waals surface area (Å²) in [5.74, 6) is -1.94. The molecule has 1 aromatic carbocycles. The van der Waals surface area contributed by atoms with E-state index in [-0.39, 0.29) is 18.4 Å². The number of amides is 2. The zero-order chi connectivity index (χ0) is 15.5. The first-order chi connectivity index (χ1) is 10.6. The van der Waals surface area contributed by atoms with Gasteiger partial charge in [-0.25, -0.2) is 4.90 Å². The molecule has 0 radical (unpaired) electrons. The van der Waals surface area contributed by atoms with Crippen molar-refractivity contribution in [3.63, 3.8) is 0 Å². The average molecular weight is 296 g/mol. The molecule has 4 rings (SSSR count). The maximum atomic E-state index is 12.7. The van der Waals surface area contributed by atoms with Crippen LogP contribution in [0.4, 0.5) is 5.69 Å². The van der Waals surface area contributed by atoms with Crippen LogP contribution in [0.15, 0.2) is 36.4 Å². The second-order valence-electron chi connectivity index (χ2n) is 5.73. The molecule has 22 heavy (non-hydrogen) atoms. The summed E-state index contributed by atoms with van der Waals surface area (Å²) < 4.78 is 5.67. The Kier molecular flexibility index (Phi) is 2.55. The molecule has 3 aliphatic rings. The third-order valence-corrected chi connectivity index (χ3v) is 4.66. The normalized spacial score (nSPS) is 35.1.